The molecule has 1 aliphatic rings. The van der Waals surface area contributed by atoms with Crippen molar-refractivity contribution in [2.75, 3.05) is 26.2 Å². The van der Waals surface area contributed by atoms with Gasteiger partial charge in [-0.3, -0.25) is 9.59 Å². The van der Waals surface area contributed by atoms with Crippen molar-refractivity contribution in [2.24, 2.45) is 5.73 Å². The van der Waals surface area contributed by atoms with Gasteiger partial charge < -0.3 is 20.5 Å². The summed E-state index contributed by atoms with van der Waals surface area (Å²) < 4.78 is 0. The van der Waals surface area contributed by atoms with E-state index in [9.17, 15) is 9.59 Å². The summed E-state index contributed by atoms with van der Waals surface area (Å²) in [6.45, 7) is 2.70. The highest BCUT2D eigenvalue weighted by Crippen LogP contribution is 2.19. The Hall–Kier alpha value is -2.83. The van der Waals surface area contributed by atoms with Crippen LogP contribution in [0.15, 0.2) is 54.7 Å². The van der Waals surface area contributed by atoms with Gasteiger partial charge in [-0.25, -0.2) is 0 Å². The Morgan fingerprint density at radius 1 is 0.931 bits per heavy atom. The maximum atomic E-state index is 12.7. The number of para-hydroxylation sites is 1. The number of hydrogen-bond donors (Lipinski definition) is 2. The highest BCUT2D eigenvalue weighted by Gasteiger charge is 2.25. The lowest BCUT2D eigenvalue weighted by Gasteiger charge is -2.35. The molecule has 2 heterocycles. The van der Waals surface area contributed by atoms with Gasteiger partial charge >= 0.3 is 0 Å². The fraction of sp³-hybridized carbons (Fsp3) is 0.273. The van der Waals surface area contributed by atoms with Crippen molar-refractivity contribution in [3.05, 3.63) is 71.4 Å². The maximum Gasteiger partial charge on any atom is 0.253 e. The van der Waals surface area contributed by atoms with Crippen LogP contribution in [0.2, 0.25) is 0 Å². The van der Waals surface area contributed by atoms with Crippen LogP contribution in [0.4, 0.5) is 0 Å². The number of aromatic nitrogens is 1. The SMILES string of the molecule is Cl.NCc1ccc(C(=O)N2CCN(C(=O)Cc3c[nH]c4ccccc34)CC2)cc1. The van der Waals surface area contributed by atoms with Crippen molar-refractivity contribution in [1.82, 2.24) is 14.8 Å². The van der Waals surface area contributed by atoms with E-state index in [1.54, 1.807) is 0 Å². The first-order valence-corrected chi connectivity index (χ1v) is 9.57. The molecule has 152 valence electrons. The number of rotatable bonds is 4. The average molecular weight is 413 g/mol. The molecule has 0 aliphatic carbocycles. The number of H-pyrrole nitrogens is 1. The standard InChI is InChI=1S/C22H24N4O2.ClH/c23-14-16-5-7-17(8-6-16)22(28)26-11-9-25(10-12-26)21(27)13-18-15-24-20-4-2-1-3-19(18)20;/h1-8,15,24H,9-14,23H2;1H. The number of nitrogens with one attached hydrogen (secondary N) is 1. The molecule has 3 N–H and O–H groups in total. The molecule has 0 atom stereocenters. The second-order valence-electron chi connectivity index (χ2n) is 7.11. The van der Waals surface area contributed by atoms with Crippen LogP contribution < -0.4 is 5.73 Å². The minimum atomic E-state index is 0. The van der Waals surface area contributed by atoms with Gasteiger partial charge in [0.25, 0.3) is 5.91 Å². The van der Waals surface area contributed by atoms with Crippen molar-refractivity contribution < 1.29 is 9.59 Å². The zero-order chi connectivity index (χ0) is 19.5. The van der Waals surface area contributed by atoms with Gasteiger partial charge in [-0.2, -0.15) is 0 Å². The minimum Gasteiger partial charge on any atom is -0.361 e. The fourth-order valence-corrected chi connectivity index (χ4v) is 3.68. The average Bonchev–Trinajstić information content (AvgIpc) is 3.16. The number of hydrogen-bond acceptors (Lipinski definition) is 3. The first kappa shape index (κ1) is 20.9. The van der Waals surface area contributed by atoms with E-state index in [4.69, 9.17) is 5.73 Å². The summed E-state index contributed by atoms with van der Waals surface area (Å²) in [5, 5.41) is 1.09. The highest BCUT2D eigenvalue weighted by atomic mass is 35.5. The Balaban J connectivity index is 0.00000240. The van der Waals surface area contributed by atoms with E-state index in [1.807, 2.05) is 64.5 Å². The van der Waals surface area contributed by atoms with Crippen LogP contribution >= 0.6 is 12.4 Å². The van der Waals surface area contributed by atoms with E-state index in [1.165, 1.54) is 0 Å². The molecule has 1 aromatic heterocycles. The number of nitrogens with two attached hydrogens (primary N) is 1. The third-order valence-electron chi connectivity index (χ3n) is 5.37. The van der Waals surface area contributed by atoms with E-state index < -0.39 is 0 Å². The van der Waals surface area contributed by atoms with Gasteiger partial charge in [-0.15, -0.1) is 12.4 Å². The number of halogens is 1. The van der Waals surface area contributed by atoms with Gasteiger partial charge in [-0.05, 0) is 29.3 Å². The molecule has 1 saturated heterocycles. The summed E-state index contributed by atoms with van der Waals surface area (Å²) in [5.41, 5.74) is 9.33. The number of nitrogens with zero attached hydrogens (tertiary/aromatic N) is 2. The van der Waals surface area contributed by atoms with Crippen LogP contribution in [0.3, 0.4) is 0 Å². The molecule has 2 amide bonds. The van der Waals surface area contributed by atoms with Crippen LogP contribution in [0.5, 0.6) is 0 Å². The summed E-state index contributed by atoms with van der Waals surface area (Å²) in [5.74, 6) is 0.108. The lowest BCUT2D eigenvalue weighted by molar-refractivity contribution is -0.131. The van der Waals surface area contributed by atoms with Crippen molar-refractivity contribution in [1.29, 1.82) is 0 Å². The van der Waals surface area contributed by atoms with Gasteiger partial charge in [0.1, 0.15) is 0 Å². The number of benzene rings is 2. The van der Waals surface area contributed by atoms with Crippen LogP contribution in [0.1, 0.15) is 21.5 Å². The number of piperazine rings is 1. The molecule has 1 fully saturated rings. The molecule has 7 heteroatoms. The Kier molecular flexibility index (Phi) is 6.56. The summed E-state index contributed by atoms with van der Waals surface area (Å²) >= 11 is 0. The zero-order valence-corrected chi connectivity index (χ0v) is 17.0. The van der Waals surface area contributed by atoms with Gasteiger partial charge in [0, 0.05) is 55.4 Å². The topological polar surface area (TPSA) is 82.4 Å². The van der Waals surface area contributed by atoms with Gasteiger partial charge in [0.2, 0.25) is 5.91 Å². The Morgan fingerprint density at radius 3 is 2.28 bits per heavy atom. The van der Waals surface area contributed by atoms with Crippen LogP contribution in [0.25, 0.3) is 10.9 Å². The maximum absolute atomic E-state index is 12.7. The lowest BCUT2D eigenvalue weighted by atomic mass is 10.1. The van der Waals surface area contributed by atoms with E-state index in [0.717, 1.165) is 22.0 Å². The summed E-state index contributed by atoms with van der Waals surface area (Å²) in [7, 11) is 0. The second kappa shape index (κ2) is 9.11. The molecular formula is C22H25ClN4O2. The molecule has 0 saturated carbocycles. The molecule has 1 aliphatic heterocycles. The summed E-state index contributed by atoms with van der Waals surface area (Å²) in [4.78, 5) is 32.3. The van der Waals surface area contributed by atoms with Crippen LogP contribution in [-0.2, 0) is 17.8 Å². The van der Waals surface area contributed by atoms with E-state index in [-0.39, 0.29) is 24.2 Å². The second-order valence-corrected chi connectivity index (χ2v) is 7.11. The molecule has 2 aromatic carbocycles. The number of carbonyl (C=O) groups is 2. The van der Waals surface area contributed by atoms with Crippen molar-refractivity contribution >= 4 is 35.1 Å². The Bertz CT molecular complexity index is 991. The molecule has 0 spiro atoms. The third kappa shape index (κ3) is 4.44. The third-order valence-corrected chi connectivity index (χ3v) is 5.37. The first-order valence-electron chi connectivity index (χ1n) is 9.57. The van der Waals surface area contributed by atoms with Crippen molar-refractivity contribution in [3.8, 4) is 0 Å². The van der Waals surface area contributed by atoms with Crippen molar-refractivity contribution in [3.63, 3.8) is 0 Å². The van der Waals surface area contributed by atoms with E-state index in [2.05, 4.69) is 4.98 Å². The normalized spacial score (nSPS) is 14.0. The summed E-state index contributed by atoms with van der Waals surface area (Å²) in [6.07, 6.45) is 2.28. The van der Waals surface area contributed by atoms with Crippen molar-refractivity contribution in [2.45, 2.75) is 13.0 Å². The van der Waals surface area contributed by atoms with Gasteiger partial charge in [-0.1, -0.05) is 30.3 Å². The number of carbonyl (C=O) groups excluding carboxylic acids is 2. The number of aromatic amines is 1. The molecule has 29 heavy (non-hydrogen) atoms. The Labute approximate surface area is 176 Å². The zero-order valence-electron chi connectivity index (χ0n) is 16.1. The highest BCUT2D eigenvalue weighted by molar-refractivity contribution is 5.94. The smallest absolute Gasteiger partial charge is 0.253 e. The molecule has 3 aromatic rings. The lowest BCUT2D eigenvalue weighted by Crippen LogP contribution is -2.51. The molecule has 4 rings (SSSR count). The van der Waals surface area contributed by atoms with Crippen LogP contribution in [-0.4, -0.2) is 52.8 Å². The Morgan fingerprint density at radius 2 is 1.59 bits per heavy atom. The fourth-order valence-electron chi connectivity index (χ4n) is 3.68. The predicted octanol–water partition coefficient (Wildman–Crippen LogP) is 2.58. The van der Waals surface area contributed by atoms with Gasteiger partial charge in [0.05, 0.1) is 6.42 Å². The number of fused-ring (bicyclic) bond motifs is 1. The van der Waals surface area contributed by atoms with E-state index >= 15 is 0 Å². The van der Waals surface area contributed by atoms with Crippen LogP contribution in [0, 0.1) is 0 Å². The summed E-state index contributed by atoms with van der Waals surface area (Å²) in [6, 6.07) is 15.4. The van der Waals surface area contributed by atoms with E-state index in [0.29, 0.717) is 44.7 Å². The van der Waals surface area contributed by atoms with Gasteiger partial charge in [0.15, 0.2) is 0 Å². The molecule has 6 nitrogen and oxygen atoms in total. The monoisotopic (exact) mass is 412 g/mol. The minimum absolute atomic E-state index is 0. The molecule has 0 bridgehead atoms. The molecule has 0 radical (unpaired) electrons. The number of amides is 2. The quantitative estimate of drug-likeness (QED) is 0.690. The largest absolute Gasteiger partial charge is 0.361 e. The first-order chi connectivity index (χ1) is 13.7. The predicted molar refractivity (Wildman–Crippen MR) is 116 cm³/mol. The molecule has 0 unspecified atom stereocenters. The molecular weight excluding hydrogens is 388 g/mol.